The molecular weight excluding hydrogens is 164 g/mol. The Morgan fingerprint density at radius 3 is 2.54 bits per heavy atom. The van der Waals surface area contributed by atoms with E-state index in [2.05, 4.69) is 18.9 Å². The van der Waals surface area contributed by atoms with E-state index in [1.165, 1.54) is 5.57 Å². The molecule has 0 aromatic heterocycles. The maximum absolute atomic E-state index is 5.46. The molecule has 3 nitrogen and oxygen atoms in total. The second kappa shape index (κ2) is 7.06. The van der Waals surface area contributed by atoms with Gasteiger partial charge in [0.25, 0.3) is 0 Å². The number of nitrogens with one attached hydrogen (secondary N) is 1. The van der Waals surface area contributed by atoms with Crippen molar-refractivity contribution in [3.63, 3.8) is 0 Å². The van der Waals surface area contributed by atoms with Gasteiger partial charge in [0.05, 0.1) is 12.7 Å². The molecular formula is C10H22N2O. The summed E-state index contributed by atoms with van der Waals surface area (Å²) < 4.78 is 5.46. The van der Waals surface area contributed by atoms with Crippen molar-refractivity contribution in [2.75, 3.05) is 6.61 Å². The average molecular weight is 186 g/mol. The second-order valence-corrected chi connectivity index (χ2v) is 3.55. The molecule has 0 heterocycles. The molecule has 0 saturated carbocycles. The van der Waals surface area contributed by atoms with Gasteiger partial charge in [-0.25, -0.2) is 0 Å². The lowest BCUT2D eigenvalue weighted by molar-refractivity contribution is 0.0612. The summed E-state index contributed by atoms with van der Waals surface area (Å²) in [5, 5.41) is 0. The standard InChI is InChI=1S/C10H22N2O/c1-5-9(4)6-10(12-11)7-13-8(2)3/h8,10,12H,4-7,11H2,1-3H3. The van der Waals surface area contributed by atoms with Gasteiger partial charge in [0.2, 0.25) is 0 Å². The summed E-state index contributed by atoms with van der Waals surface area (Å²) in [4.78, 5) is 0. The quantitative estimate of drug-likeness (QED) is 0.361. The van der Waals surface area contributed by atoms with E-state index in [9.17, 15) is 0 Å². The average Bonchev–Trinajstić information content (AvgIpc) is 2.11. The van der Waals surface area contributed by atoms with Crippen LogP contribution >= 0.6 is 0 Å². The molecule has 0 aromatic rings. The van der Waals surface area contributed by atoms with E-state index in [1.54, 1.807) is 0 Å². The molecule has 0 aliphatic heterocycles. The molecule has 0 amide bonds. The van der Waals surface area contributed by atoms with Crippen LogP contribution in [0.1, 0.15) is 33.6 Å². The van der Waals surface area contributed by atoms with E-state index >= 15 is 0 Å². The fourth-order valence-corrected chi connectivity index (χ4v) is 0.967. The summed E-state index contributed by atoms with van der Waals surface area (Å²) in [6, 6.07) is 0.190. The first-order valence-corrected chi connectivity index (χ1v) is 4.84. The normalized spacial score (nSPS) is 13.3. The van der Waals surface area contributed by atoms with Crippen LogP contribution in [0, 0.1) is 0 Å². The molecule has 3 N–H and O–H groups in total. The van der Waals surface area contributed by atoms with Gasteiger partial charge in [-0.3, -0.25) is 11.3 Å². The fourth-order valence-electron chi connectivity index (χ4n) is 0.967. The zero-order chi connectivity index (χ0) is 10.3. The lowest BCUT2D eigenvalue weighted by Gasteiger charge is -2.18. The molecule has 0 radical (unpaired) electrons. The Morgan fingerprint density at radius 2 is 2.15 bits per heavy atom. The summed E-state index contributed by atoms with van der Waals surface area (Å²) in [6.45, 7) is 10.7. The maximum Gasteiger partial charge on any atom is 0.0639 e. The SMILES string of the molecule is C=C(CC)CC(COC(C)C)NN. The molecule has 0 saturated heterocycles. The van der Waals surface area contributed by atoms with Crippen LogP contribution in [0.2, 0.25) is 0 Å². The van der Waals surface area contributed by atoms with Crippen molar-refractivity contribution in [3.8, 4) is 0 Å². The third-order valence-corrected chi connectivity index (χ3v) is 1.90. The molecule has 78 valence electrons. The third kappa shape index (κ3) is 6.75. The number of ether oxygens (including phenoxy) is 1. The Hall–Kier alpha value is -0.380. The van der Waals surface area contributed by atoms with E-state index in [0.717, 1.165) is 12.8 Å². The van der Waals surface area contributed by atoms with Crippen LogP contribution in [0.3, 0.4) is 0 Å². The van der Waals surface area contributed by atoms with Crippen molar-refractivity contribution in [3.05, 3.63) is 12.2 Å². The van der Waals surface area contributed by atoms with Crippen LogP contribution in [0.4, 0.5) is 0 Å². The molecule has 0 bridgehead atoms. The van der Waals surface area contributed by atoms with Crippen LogP contribution in [0.15, 0.2) is 12.2 Å². The zero-order valence-electron chi connectivity index (χ0n) is 8.97. The van der Waals surface area contributed by atoms with Crippen LogP contribution in [0.25, 0.3) is 0 Å². The fraction of sp³-hybridized carbons (Fsp3) is 0.800. The summed E-state index contributed by atoms with van der Waals surface area (Å²) in [6.07, 6.45) is 2.14. The van der Waals surface area contributed by atoms with E-state index in [-0.39, 0.29) is 12.1 Å². The first-order valence-electron chi connectivity index (χ1n) is 4.84. The summed E-state index contributed by atoms with van der Waals surface area (Å²) >= 11 is 0. The second-order valence-electron chi connectivity index (χ2n) is 3.55. The monoisotopic (exact) mass is 186 g/mol. The Labute approximate surface area is 81.3 Å². The van der Waals surface area contributed by atoms with Gasteiger partial charge < -0.3 is 4.74 Å². The van der Waals surface area contributed by atoms with E-state index in [4.69, 9.17) is 10.6 Å². The highest BCUT2D eigenvalue weighted by atomic mass is 16.5. The van der Waals surface area contributed by atoms with E-state index in [0.29, 0.717) is 6.61 Å². The van der Waals surface area contributed by atoms with Gasteiger partial charge in [0.15, 0.2) is 0 Å². The number of nitrogens with two attached hydrogens (primary N) is 1. The molecule has 0 spiro atoms. The van der Waals surface area contributed by atoms with Crippen LogP contribution in [0.5, 0.6) is 0 Å². The Bertz CT molecular complexity index is 146. The number of hydrogen-bond acceptors (Lipinski definition) is 3. The molecule has 1 unspecified atom stereocenters. The van der Waals surface area contributed by atoms with Gasteiger partial charge in [-0.1, -0.05) is 19.1 Å². The third-order valence-electron chi connectivity index (χ3n) is 1.90. The smallest absolute Gasteiger partial charge is 0.0639 e. The van der Waals surface area contributed by atoms with E-state index in [1.807, 2.05) is 13.8 Å². The number of hydrogen-bond donors (Lipinski definition) is 2. The first-order chi connectivity index (χ1) is 6.10. The Morgan fingerprint density at radius 1 is 1.54 bits per heavy atom. The molecule has 0 fully saturated rings. The number of rotatable bonds is 7. The van der Waals surface area contributed by atoms with Crippen molar-refractivity contribution < 1.29 is 4.74 Å². The largest absolute Gasteiger partial charge is 0.377 e. The van der Waals surface area contributed by atoms with Crippen LogP contribution in [-0.2, 0) is 4.74 Å². The topological polar surface area (TPSA) is 47.3 Å². The highest BCUT2D eigenvalue weighted by molar-refractivity contribution is 4.96. The van der Waals surface area contributed by atoms with Crippen LogP contribution < -0.4 is 11.3 Å². The molecule has 0 aromatic carbocycles. The minimum absolute atomic E-state index is 0.190. The Balaban J connectivity index is 3.69. The number of hydrazine groups is 1. The van der Waals surface area contributed by atoms with Crippen molar-refractivity contribution in [2.24, 2.45) is 5.84 Å². The van der Waals surface area contributed by atoms with Gasteiger partial charge >= 0.3 is 0 Å². The maximum atomic E-state index is 5.46. The lowest BCUT2D eigenvalue weighted by Crippen LogP contribution is -2.39. The van der Waals surface area contributed by atoms with Crippen molar-refractivity contribution >= 4 is 0 Å². The van der Waals surface area contributed by atoms with E-state index < -0.39 is 0 Å². The van der Waals surface area contributed by atoms with Crippen molar-refractivity contribution in [1.82, 2.24) is 5.43 Å². The molecule has 13 heavy (non-hydrogen) atoms. The van der Waals surface area contributed by atoms with Gasteiger partial charge in [0, 0.05) is 6.04 Å². The minimum Gasteiger partial charge on any atom is -0.377 e. The molecule has 1 atom stereocenters. The van der Waals surface area contributed by atoms with Gasteiger partial charge in [-0.15, -0.1) is 0 Å². The molecule has 0 aliphatic carbocycles. The zero-order valence-corrected chi connectivity index (χ0v) is 8.97. The molecule has 0 aliphatic rings. The Kier molecular flexibility index (Phi) is 6.86. The molecule has 3 heteroatoms. The highest BCUT2D eigenvalue weighted by Crippen LogP contribution is 2.07. The lowest BCUT2D eigenvalue weighted by atomic mass is 10.1. The van der Waals surface area contributed by atoms with Crippen molar-refractivity contribution in [2.45, 2.75) is 45.8 Å². The first kappa shape index (κ1) is 12.6. The summed E-state index contributed by atoms with van der Waals surface area (Å²) in [7, 11) is 0. The van der Waals surface area contributed by atoms with Crippen LogP contribution in [-0.4, -0.2) is 18.8 Å². The predicted molar refractivity (Wildman–Crippen MR) is 56.2 cm³/mol. The van der Waals surface area contributed by atoms with Gasteiger partial charge in [0.1, 0.15) is 0 Å². The molecule has 0 rings (SSSR count). The summed E-state index contributed by atoms with van der Waals surface area (Å²) in [5.41, 5.74) is 3.94. The van der Waals surface area contributed by atoms with Gasteiger partial charge in [-0.2, -0.15) is 0 Å². The predicted octanol–water partition coefficient (Wildman–Crippen LogP) is 1.60. The summed E-state index contributed by atoms with van der Waals surface area (Å²) in [5.74, 6) is 5.39. The van der Waals surface area contributed by atoms with Gasteiger partial charge in [-0.05, 0) is 26.7 Å². The van der Waals surface area contributed by atoms with Crippen molar-refractivity contribution in [1.29, 1.82) is 0 Å². The highest BCUT2D eigenvalue weighted by Gasteiger charge is 2.08. The minimum atomic E-state index is 0.190.